The Hall–Kier alpha value is -4.31. The van der Waals surface area contributed by atoms with Crippen molar-refractivity contribution in [2.45, 2.75) is 18.9 Å². The number of hydrogen-bond acceptors (Lipinski definition) is 8. The van der Waals surface area contributed by atoms with Crippen LogP contribution in [0.1, 0.15) is 28.5 Å². The van der Waals surface area contributed by atoms with Gasteiger partial charge in [0.2, 0.25) is 5.95 Å². The van der Waals surface area contributed by atoms with E-state index >= 15 is 0 Å². The lowest BCUT2D eigenvalue weighted by Crippen LogP contribution is -2.30. The van der Waals surface area contributed by atoms with E-state index in [1.54, 1.807) is 24.3 Å². The molecule has 10 heteroatoms. The van der Waals surface area contributed by atoms with Crippen LogP contribution in [-0.4, -0.2) is 47.6 Å². The number of fused-ring (bicyclic) bond motifs is 2. The molecule has 1 fully saturated rings. The van der Waals surface area contributed by atoms with Gasteiger partial charge >= 0.3 is 5.91 Å². The van der Waals surface area contributed by atoms with Crippen LogP contribution < -0.4 is 19.1 Å². The minimum Gasteiger partial charge on any atom is -0.507 e. The number of aliphatic hydroxyl groups excluding tert-OH is 1. The summed E-state index contributed by atoms with van der Waals surface area (Å²) in [5.41, 5.74) is 2.57. The van der Waals surface area contributed by atoms with Crippen molar-refractivity contribution in [3.8, 4) is 17.2 Å². The van der Waals surface area contributed by atoms with E-state index in [0.717, 1.165) is 29.0 Å². The van der Waals surface area contributed by atoms with Gasteiger partial charge in [-0.25, -0.2) is 4.98 Å². The van der Waals surface area contributed by atoms with Gasteiger partial charge in [-0.3, -0.25) is 14.5 Å². The van der Waals surface area contributed by atoms with Crippen molar-refractivity contribution in [2.24, 2.45) is 0 Å². The molecule has 4 heterocycles. The lowest BCUT2D eigenvalue weighted by Gasteiger charge is -2.22. The Morgan fingerprint density at radius 2 is 1.97 bits per heavy atom. The Morgan fingerprint density at radius 1 is 1.16 bits per heavy atom. The normalized spacial score (nSPS) is 18.6. The summed E-state index contributed by atoms with van der Waals surface area (Å²) in [6.45, 7) is 0.650. The second-order valence-corrected chi connectivity index (χ2v) is 9.72. The Labute approximate surface area is 215 Å². The van der Waals surface area contributed by atoms with E-state index in [4.69, 9.17) is 14.2 Å². The number of ether oxygens (including phenoxy) is 3. The van der Waals surface area contributed by atoms with Crippen molar-refractivity contribution < 1.29 is 28.9 Å². The van der Waals surface area contributed by atoms with Gasteiger partial charge in [-0.15, -0.1) is 11.3 Å². The van der Waals surface area contributed by atoms with Crippen LogP contribution in [-0.2, 0) is 16.0 Å². The van der Waals surface area contributed by atoms with Gasteiger partial charge in [-0.2, -0.15) is 0 Å². The van der Waals surface area contributed by atoms with Crippen LogP contribution in [0.4, 0.5) is 5.95 Å². The summed E-state index contributed by atoms with van der Waals surface area (Å²) in [6.07, 6.45) is 1.68. The third-order valence-electron chi connectivity index (χ3n) is 6.64. The van der Waals surface area contributed by atoms with E-state index < -0.39 is 17.7 Å². The number of nitrogens with zero attached hydrogens (tertiary/aromatic N) is 2. The molecule has 37 heavy (non-hydrogen) atoms. The van der Waals surface area contributed by atoms with Gasteiger partial charge in [-0.05, 0) is 48.1 Å². The number of rotatable bonds is 5. The van der Waals surface area contributed by atoms with Crippen LogP contribution in [0.3, 0.4) is 0 Å². The first-order valence-electron chi connectivity index (χ1n) is 11.7. The Bertz CT molecular complexity index is 1530. The molecular formula is C27H23N3O6S. The highest BCUT2D eigenvalue weighted by Crippen LogP contribution is 2.44. The third kappa shape index (κ3) is 3.72. The number of imidazole rings is 1. The summed E-state index contributed by atoms with van der Waals surface area (Å²) in [6, 6.07) is 11.6. The zero-order valence-electron chi connectivity index (χ0n) is 20.1. The number of H-pyrrole nitrogens is 1. The van der Waals surface area contributed by atoms with Crippen LogP contribution in [0.15, 0.2) is 53.4 Å². The minimum absolute atomic E-state index is 0.0137. The van der Waals surface area contributed by atoms with Crippen LogP contribution >= 0.6 is 11.3 Å². The fourth-order valence-corrected chi connectivity index (χ4v) is 5.69. The average Bonchev–Trinajstić information content (AvgIpc) is 3.65. The summed E-state index contributed by atoms with van der Waals surface area (Å²) in [4.78, 5) is 36.6. The van der Waals surface area contributed by atoms with Gasteiger partial charge in [0, 0.05) is 22.6 Å². The zero-order chi connectivity index (χ0) is 25.7. The molecule has 6 rings (SSSR count). The maximum atomic E-state index is 13.4. The molecule has 2 aromatic carbocycles. The second-order valence-electron chi connectivity index (χ2n) is 8.74. The molecule has 1 saturated heterocycles. The largest absolute Gasteiger partial charge is 0.507 e. The molecular weight excluding hydrogens is 494 g/mol. The topological polar surface area (TPSA) is 114 Å². The third-order valence-corrected chi connectivity index (χ3v) is 7.57. The van der Waals surface area contributed by atoms with Crippen molar-refractivity contribution in [1.82, 2.24) is 9.97 Å². The molecule has 0 bridgehead atoms. The van der Waals surface area contributed by atoms with Gasteiger partial charge in [0.05, 0.1) is 37.4 Å². The maximum Gasteiger partial charge on any atom is 0.302 e. The van der Waals surface area contributed by atoms with E-state index in [0.29, 0.717) is 34.7 Å². The minimum atomic E-state index is -0.850. The number of aryl methyl sites for hydroxylation is 1. The molecule has 0 aliphatic carbocycles. The molecule has 1 amide bonds. The molecule has 1 unspecified atom stereocenters. The number of nitrogens with one attached hydrogen (secondary N) is 1. The lowest BCUT2D eigenvalue weighted by atomic mass is 9.97. The summed E-state index contributed by atoms with van der Waals surface area (Å²) in [5.74, 6) is 0.154. The summed E-state index contributed by atoms with van der Waals surface area (Å²) in [5, 5.41) is 13.3. The standard InChI is InChI=1S/C27H23N3O6S/c1-34-19-12-16-17(13-20(19)35-2)29-27(28-16)30-23(21-6-4-10-37-21)22(25(32)26(30)33)24(31)15-7-8-18-14(11-15)5-3-9-36-18/h4,6-8,10-13,23,31H,3,5,9H2,1-2H3,(H,28,29)/b24-22+. The number of thiophene rings is 1. The summed E-state index contributed by atoms with van der Waals surface area (Å²) in [7, 11) is 3.06. The number of aromatic nitrogens is 2. The summed E-state index contributed by atoms with van der Waals surface area (Å²) >= 11 is 1.39. The first-order chi connectivity index (χ1) is 18.0. The number of amides is 1. The number of hydrogen-bond donors (Lipinski definition) is 2. The van der Waals surface area contributed by atoms with Crippen molar-refractivity contribution in [3.05, 3.63) is 69.4 Å². The van der Waals surface area contributed by atoms with E-state index in [9.17, 15) is 14.7 Å². The van der Waals surface area contributed by atoms with Gasteiger partial charge in [0.25, 0.3) is 5.78 Å². The average molecular weight is 518 g/mol. The molecule has 1 atom stereocenters. The zero-order valence-corrected chi connectivity index (χ0v) is 20.9. The van der Waals surface area contributed by atoms with E-state index in [2.05, 4.69) is 9.97 Å². The number of carbonyl (C=O) groups excluding carboxylic acids is 2. The molecule has 0 spiro atoms. The quantitative estimate of drug-likeness (QED) is 0.226. The lowest BCUT2D eigenvalue weighted by molar-refractivity contribution is -0.132. The molecule has 0 radical (unpaired) electrons. The Morgan fingerprint density at radius 3 is 2.73 bits per heavy atom. The van der Waals surface area contributed by atoms with Gasteiger partial charge < -0.3 is 24.3 Å². The number of Topliss-reactive ketones (excluding diaryl/α,β-unsaturated/α-hetero) is 1. The monoisotopic (exact) mass is 517 g/mol. The molecule has 2 aliphatic heterocycles. The fraction of sp³-hybridized carbons (Fsp3) is 0.222. The maximum absolute atomic E-state index is 13.4. The van der Waals surface area contributed by atoms with Crippen LogP contribution in [0, 0.1) is 0 Å². The molecule has 2 aromatic heterocycles. The highest BCUT2D eigenvalue weighted by molar-refractivity contribution is 7.10. The van der Waals surface area contributed by atoms with Gasteiger partial charge in [-0.1, -0.05) is 6.07 Å². The fourth-order valence-electron chi connectivity index (χ4n) is 4.87. The first-order valence-corrected chi connectivity index (χ1v) is 12.6. The second kappa shape index (κ2) is 8.97. The molecule has 2 aliphatic rings. The number of methoxy groups -OCH3 is 2. The van der Waals surface area contributed by atoms with Crippen LogP contribution in [0.2, 0.25) is 0 Å². The van der Waals surface area contributed by atoms with Crippen LogP contribution in [0.5, 0.6) is 17.2 Å². The van der Waals surface area contributed by atoms with Crippen LogP contribution in [0.25, 0.3) is 16.8 Å². The van der Waals surface area contributed by atoms with Gasteiger partial charge in [0.15, 0.2) is 11.5 Å². The van der Waals surface area contributed by atoms with E-state index in [1.165, 1.54) is 30.5 Å². The predicted molar refractivity (Wildman–Crippen MR) is 139 cm³/mol. The van der Waals surface area contributed by atoms with Gasteiger partial charge in [0.1, 0.15) is 17.6 Å². The SMILES string of the molecule is COc1cc2nc(N3C(=O)C(=O)/C(=C(/O)c4ccc5c(c4)CCCO5)C3c3cccs3)[nH]c2cc1OC. The number of carbonyl (C=O) groups is 2. The molecule has 9 nitrogen and oxygen atoms in total. The van der Waals surface area contributed by atoms with Crippen molar-refractivity contribution >= 4 is 45.8 Å². The molecule has 188 valence electrons. The smallest absolute Gasteiger partial charge is 0.302 e. The van der Waals surface area contributed by atoms with E-state index in [-0.39, 0.29) is 17.3 Å². The summed E-state index contributed by atoms with van der Waals surface area (Å²) < 4.78 is 16.4. The molecule has 2 N–H and O–H groups in total. The van der Waals surface area contributed by atoms with Crippen molar-refractivity contribution in [3.63, 3.8) is 0 Å². The Kier molecular flexibility index (Phi) is 5.60. The number of benzene rings is 2. The Balaban J connectivity index is 1.50. The van der Waals surface area contributed by atoms with Crippen molar-refractivity contribution in [1.29, 1.82) is 0 Å². The predicted octanol–water partition coefficient (Wildman–Crippen LogP) is 4.59. The number of anilines is 1. The molecule has 4 aromatic rings. The number of aliphatic hydroxyl groups is 1. The van der Waals surface area contributed by atoms with Crippen molar-refractivity contribution in [2.75, 3.05) is 25.7 Å². The molecule has 0 saturated carbocycles. The number of aromatic amines is 1. The number of ketones is 1. The first kappa shape index (κ1) is 23.1. The highest BCUT2D eigenvalue weighted by atomic mass is 32.1. The highest BCUT2D eigenvalue weighted by Gasteiger charge is 2.48. The van der Waals surface area contributed by atoms with E-state index in [1.807, 2.05) is 23.6 Å².